The lowest BCUT2D eigenvalue weighted by molar-refractivity contribution is -0.0650. The van der Waals surface area contributed by atoms with E-state index >= 15 is 0 Å². The Bertz CT molecular complexity index is 1530. The lowest BCUT2D eigenvalue weighted by atomic mass is 9.80. The molecule has 0 aliphatic heterocycles. The molecule has 0 heterocycles. The van der Waals surface area contributed by atoms with Crippen LogP contribution in [0.2, 0.25) is 0 Å². The van der Waals surface area contributed by atoms with E-state index in [0.717, 1.165) is 35.1 Å². The summed E-state index contributed by atoms with van der Waals surface area (Å²) in [5, 5.41) is 0. The average Bonchev–Trinajstić information content (AvgIpc) is 3.18. The molecule has 0 saturated carbocycles. The van der Waals surface area contributed by atoms with Crippen LogP contribution >= 0.6 is 0 Å². The van der Waals surface area contributed by atoms with E-state index in [1.807, 2.05) is 97.9 Å². The maximum Gasteiger partial charge on any atom is 0.297 e. The molecule has 4 aromatic carbocycles. The van der Waals surface area contributed by atoms with E-state index in [9.17, 15) is 8.42 Å². The Kier molecular flexibility index (Phi) is 18.8. The van der Waals surface area contributed by atoms with E-state index in [0.29, 0.717) is 0 Å². The summed E-state index contributed by atoms with van der Waals surface area (Å²) in [6, 6.07) is 37.0. The first-order valence-electron chi connectivity index (χ1n) is 20.3. The third-order valence-electron chi connectivity index (χ3n) is 10.1. The highest BCUT2D eigenvalue weighted by Gasteiger charge is 2.39. The van der Waals surface area contributed by atoms with Crippen molar-refractivity contribution in [1.29, 1.82) is 0 Å². The van der Waals surface area contributed by atoms with Crippen molar-refractivity contribution in [2.75, 3.05) is 13.2 Å². The number of rotatable bonds is 27. The molecule has 0 amide bonds. The first kappa shape index (κ1) is 42.5. The zero-order chi connectivity index (χ0) is 37.6. The summed E-state index contributed by atoms with van der Waals surface area (Å²) < 4.78 is 46.5. The van der Waals surface area contributed by atoms with Crippen molar-refractivity contribution < 1.29 is 22.1 Å². The summed E-state index contributed by atoms with van der Waals surface area (Å²) in [7, 11) is -4.09. The minimum Gasteiger partial charge on any atom is -0.376 e. The van der Waals surface area contributed by atoms with Crippen LogP contribution in [0.4, 0.5) is 0 Å². The lowest BCUT2D eigenvalue weighted by Crippen LogP contribution is -2.38. The quantitative estimate of drug-likeness (QED) is 0.0346. The molecule has 0 aliphatic carbocycles. The zero-order valence-electron chi connectivity index (χ0n) is 32.6. The van der Waals surface area contributed by atoms with E-state index in [2.05, 4.69) is 13.8 Å². The molecule has 0 fully saturated rings. The highest BCUT2D eigenvalue weighted by atomic mass is 32.2. The second-order valence-corrected chi connectivity index (χ2v) is 16.2. The fourth-order valence-electron chi connectivity index (χ4n) is 7.01. The van der Waals surface area contributed by atoms with E-state index < -0.39 is 21.8 Å². The van der Waals surface area contributed by atoms with Gasteiger partial charge in [0.15, 0.2) is 0 Å². The van der Waals surface area contributed by atoms with Gasteiger partial charge in [-0.05, 0) is 49.1 Å². The molecule has 53 heavy (non-hydrogen) atoms. The first-order valence-corrected chi connectivity index (χ1v) is 21.7. The second kappa shape index (κ2) is 23.5. The van der Waals surface area contributed by atoms with Crippen LogP contribution in [0.1, 0.15) is 132 Å². The number of hydrogen-bond acceptors (Lipinski definition) is 5. The Morgan fingerprint density at radius 1 is 0.547 bits per heavy atom. The molecule has 288 valence electrons. The van der Waals surface area contributed by atoms with Crippen LogP contribution in [0.3, 0.4) is 0 Å². The zero-order valence-corrected chi connectivity index (χ0v) is 33.4. The summed E-state index contributed by atoms with van der Waals surface area (Å²) in [6.45, 7) is 6.33. The van der Waals surface area contributed by atoms with Crippen LogP contribution < -0.4 is 0 Å². The fraction of sp³-hybridized carbons (Fsp3) is 0.489. The van der Waals surface area contributed by atoms with Gasteiger partial charge in [-0.15, -0.1) is 0 Å². The average molecular weight is 741 g/mol. The summed E-state index contributed by atoms with van der Waals surface area (Å²) in [5.41, 5.74) is 2.76. The fourth-order valence-corrected chi connectivity index (χ4v) is 8.06. The van der Waals surface area contributed by atoms with Crippen LogP contribution in [0, 0.1) is 6.92 Å². The monoisotopic (exact) mass is 740 g/mol. The van der Waals surface area contributed by atoms with Crippen molar-refractivity contribution >= 4 is 10.1 Å². The van der Waals surface area contributed by atoms with Gasteiger partial charge >= 0.3 is 0 Å². The summed E-state index contributed by atoms with van der Waals surface area (Å²) >= 11 is 0. The van der Waals surface area contributed by atoms with Gasteiger partial charge in [-0.1, -0.05) is 206 Å². The first-order chi connectivity index (χ1) is 25.8. The molecule has 4 rings (SSSR count). The van der Waals surface area contributed by atoms with Crippen LogP contribution in [0.25, 0.3) is 0 Å². The number of aryl methyl sites for hydroxylation is 1. The smallest absolute Gasteiger partial charge is 0.297 e. The standard InChI is InChI=1S/C47H64O5S/c1-4-5-6-7-8-9-10-11-12-13-14-15-16-20-27-41(3)50-38-45(52-53(48,49)46-36-34-40(2)35-37-46)39-51-47(42-28-21-17-22-29-42,43-30-23-18-24-31-43)44-32-25-19-26-33-44/h17-19,21-26,28-37,41,45H,4-16,20,27,38-39H2,1-3H3. The van der Waals surface area contributed by atoms with Gasteiger partial charge in [0.05, 0.1) is 24.2 Å². The van der Waals surface area contributed by atoms with Gasteiger partial charge in [-0.2, -0.15) is 8.42 Å². The molecule has 6 heteroatoms. The van der Waals surface area contributed by atoms with Gasteiger partial charge in [0.1, 0.15) is 11.7 Å². The number of hydrogen-bond donors (Lipinski definition) is 0. The van der Waals surface area contributed by atoms with Gasteiger partial charge in [0.25, 0.3) is 10.1 Å². The van der Waals surface area contributed by atoms with Crippen molar-refractivity contribution in [1.82, 2.24) is 0 Å². The highest BCUT2D eigenvalue weighted by Crippen LogP contribution is 2.40. The normalized spacial score (nSPS) is 13.2. The van der Waals surface area contributed by atoms with E-state index in [-0.39, 0.29) is 24.2 Å². The van der Waals surface area contributed by atoms with E-state index in [4.69, 9.17) is 13.7 Å². The molecule has 0 N–H and O–H groups in total. The Labute approximate surface area is 321 Å². The van der Waals surface area contributed by atoms with Crippen molar-refractivity contribution in [2.45, 2.75) is 140 Å². The van der Waals surface area contributed by atoms with Gasteiger partial charge in [0.2, 0.25) is 0 Å². The van der Waals surface area contributed by atoms with E-state index in [1.165, 1.54) is 83.5 Å². The van der Waals surface area contributed by atoms with Crippen molar-refractivity contribution in [3.05, 3.63) is 138 Å². The molecule has 0 aromatic heterocycles. The Hall–Kier alpha value is -3.29. The van der Waals surface area contributed by atoms with Crippen molar-refractivity contribution in [3.63, 3.8) is 0 Å². The van der Waals surface area contributed by atoms with Crippen LogP contribution in [-0.4, -0.2) is 33.8 Å². The predicted octanol–water partition coefficient (Wildman–Crippen LogP) is 12.4. The van der Waals surface area contributed by atoms with Crippen LogP contribution in [-0.2, 0) is 29.4 Å². The predicted molar refractivity (Wildman–Crippen MR) is 219 cm³/mol. The molecular weight excluding hydrogens is 677 g/mol. The maximum absolute atomic E-state index is 13.6. The topological polar surface area (TPSA) is 61.8 Å². The molecule has 0 bridgehead atoms. The minimum absolute atomic E-state index is 0.0185. The molecule has 0 aliphatic rings. The molecule has 4 aromatic rings. The minimum atomic E-state index is -4.09. The summed E-state index contributed by atoms with van der Waals surface area (Å²) in [6.07, 6.45) is 18.5. The number of benzene rings is 4. The Balaban J connectivity index is 1.37. The number of unbranched alkanes of at least 4 members (excludes halogenated alkanes) is 13. The van der Waals surface area contributed by atoms with Crippen molar-refractivity contribution in [3.8, 4) is 0 Å². The highest BCUT2D eigenvalue weighted by molar-refractivity contribution is 7.86. The van der Waals surface area contributed by atoms with Crippen molar-refractivity contribution in [2.24, 2.45) is 0 Å². The largest absolute Gasteiger partial charge is 0.376 e. The van der Waals surface area contributed by atoms with E-state index in [1.54, 1.807) is 24.3 Å². The third-order valence-corrected chi connectivity index (χ3v) is 11.5. The lowest BCUT2D eigenvalue weighted by Gasteiger charge is -2.37. The molecule has 5 nitrogen and oxygen atoms in total. The van der Waals surface area contributed by atoms with Gasteiger partial charge < -0.3 is 9.47 Å². The molecule has 0 spiro atoms. The third kappa shape index (κ3) is 14.1. The van der Waals surface area contributed by atoms with Gasteiger partial charge in [-0.3, -0.25) is 4.18 Å². The maximum atomic E-state index is 13.6. The second-order valence-electron chi connectivity index (χ2n) is 14.6. The molecule has 2 atom stereocenters. The number of ether oxygens (including phenoxy) is 2. The Morgan fingerprint density at radius 3 is 1.40 bits per heavy atom. The van der Waals surface area contributed by atoms with Crippen LogP contribution in [0.15, 0.2) is 120 Å². The van der Waals surface area contributed by atoms with Gasteiger partial charge in [0, 0.05) is 0 Å². The summed E-state index contributed by atoms with van der Waals surface area (Å²) in [5.74, 6) is 0. The summed E-state index contributed by atoms with van der Waals surface area (Å²) in [4.78, 5) is 0.115. The molecule has 0 saturated heterocycles. The molecular formula is C47H64O5S. The molecule has 2 unspecified atom stereocenters. The Morgan fingerprint density at radius 2 is 0.962 bits per heavy atom. The molecule has 0 radical (unpaired) electrons. The van der Waals surface area contributed by atoms with Crippen LogP contribution in [0.5, 0.6) is 0 Å². The van der Waals surface area contributed by atoms with Gasteiger partial charge in [-0.25, -0.2) is 0 Å². The SMILES string of the molecule is CCCCCCCCCCCCCCCCC(C)OCC(COC(c1ccccc1)(c1ccccc1)c1ccccc1)OS(=O)(=O)c1ccc(C)cc1.